The van der Waals surface area contributed by atoms with Gasteiger partial charge in [0, 0.05) is 47.7 Å². The molecule has 6 aromatic carbocycles. The van der Waals surface area contributed by atoms with Crippen LogP contribution in [0.5, 0.6) is 5.75 Å². The van der Waals surface area contributed by atoms with Crippen LogP contribution in [0.3, 0.4) is 0 Å². The second-order valence-corrected chi connectivity index (χ2v) is 16.0. The van der Waals surface area contributed by atoms with Gasteiger partial charge in [-0.2, -0.15) is 0 Å². The molecule has 0 saturated carbocycles. The topological polar surface area (TPSA) is 50.9 Å². The van der Waals surface area contributed by atoms with Crippen molar-refractivity contribution in [2.75, 3.05) is 0 Å². The second-order valence-electron chi connectivity index (χ2n) is 16.0. The van der Waals surface area contributed by atoms with Crippen molar-refractivity contribution in [2.24, 2.45) is 0 Å². The summed E-state index contributed by atoms with van der Waals surface area (Å²) in [5.41, 5.74) is -4.23. The molecule has 0 radical (unpaired) electrons. The Balaban J connectivity index is 0.00000504. The van der Waals surface area contributed by atoms with Gasteiger partial charge in [-0.1, -0.05) is 176 Å². The summed E-state index contributed by atoms with van der Waals surface area (Å²) in [6, 6.07) is 41.3. The number of aryl methyl sites for hydroxylation is 1. The van der Waals surface area contributed by atoms with Crippen LogP contribution in [0.2, 0.25) is 0 Å². The number of para-hydroxylation sites is 2. The van der Waals surface area contributed by atoms with E-state index in [2.05, 4.69) is 6.07 Å². The van der Waals surface area contributed by atoms with E-state index < -0.39 is 85.6 Å². The number of rotatable bonds is 6. The third-order valence-corrected chi connectivity index (χ3v) is 10.5. The molecular weight excluding hydrogens is 926 g/mol. The van der Waals surface area contributed by atoms with Gasteiger partial charge < -0.3 is 12.5 Å². The molecule has 0 bridgehead atoms. The first-order chi connectivity index (χ1) is 35.5. The van der Waals surface area contributed by atoms with Crippen LogP contribution in [0.25, 0.3) is 72.7 Å². The molecule has 0 saturated heterocycles. The molecule has 1 N–H and O–H groups in total. The zero-order valence-corrected chi connectivity index (χ0v) is 36.7. The average molecular weight is 1000 g/mol. The molecule has 0 spiro atoms. The summed E-state index contributed by atoms with van der Waals surface area (Å²) in [6.07, 6.45) is 1.70. The maximum absolute atomic E-state index is 12.9. The number of phenolic OH excluding ortho intramolecular Hbond substituents is 1. The SMILES string of the molecule is [2H]C([2H])([2H])C(c1cc(-c2nc3c(-c4[c-]c(-c5cc(-c6ccc(C)cc6)ccn5)cc(C(C)(C)C)c4)cccc3n2-c2ccccc2-c2ccccc2)c(O)c(C(C([2H])([2H])[2H])(C([2H])([2H])[2H])C([2H])([2H])[2H])c1)(C([2H])([2H])[2H])C([2H])([2H])[2H].[CH3-].[Pt+2]. The minimum atomic E-state index is -4.13. The van der Waals surface area contributed by atoms with Gasteiger partial charge in [-0.15, -0.1) is 29.3 Å². The molecule has 8 rings (SSSR count). The molecule has 0 unspecified atom stereocenters. The summed E-state index contributed by atoms with van der Waals surface area (Å²) >= 11 is 0. The predicted molar refractivity (Wildman–Crippen MR) is 254 cm³/mol. The number of aromatic hydroxyl groups is 1. The van der Waals surface area contributed by atoms with E-state index >= 15 is 0 Å². The van der Waals surface area contributed by atoms with Crippen LogP contribution in [-0.4, -0.2) is 19.6 Å². The Labute approximate surface area is 403 Å². The first kappa shape index (κ1) is 26.7. The van der Waals surface area contributed by atoms with Crippen molar-refractivity contribution in [3.05, 3.63) is 175 Å². The number of nitrogens with zero attached hydrogens (tertiary/aromatic N) is 3. The summed E-state index contributed by atoms with van der Waals surface area (Å²) < 4.78 is 158. The van der Waals surface area contributed by atoms with Crippen LogP contribution in [0.4, 0.5) is 0 Å². The molecule has 0 fully saturated rings. The summed E-state index contributed by atoms with van der Waals surface area (Å²) in [6.45, 7) is -16.4. The Morgan fingerprint density at radius 2 is 1.26 bits per heavy atom. The van der Waals surface area contributed by atoms with Gasteiger partial charge in [0.05, 0.1) is 22.3 Å². The van der Waals surface area contributed by atoms with Gasteiger partial charge in [0.1, 0.15) is 11.6 Å². The molecule has 0 atom stereocenters. The molecule has 8 aromatic rings. The van der Waals surface area contributed by atoms with Gasteiger partial charge in [-0.25, -0.2) is 4.98 Å². The van der Waals surface area contributed by atoms with E-state index in [9.17, 15) is 5.11 Å². The number of benzene rings is 6. The van der Waals surface area contributed by atoms with Gasteiger partial charge in [0.2, 0.25) is 0 Å². The maximum atomic E-state index is 12.9. The Bertz CT molecular complexity index is 3440. The number of fused-ring (bicyclic) bond motifs is 1. The fourth-order valence-corrected chi connectivity index (χ4v) is 7.37. The zero-order chi connectivity index (χ0) is 56.9. The first-order valence-corrected chi connectivity index (χ1v) is 19.1. The van der Waals surface area contributed by atoms with Gasteiger partial charge in [-0.05, 0) is 69.7 Å². The molecule has 4 nitrogen and oxygen atoms in total. The molecule has 0 aliphatic heterocycles. The van der Waals surface area contributed by atoms with Gasteiger partial charge in [0.15, 0.2) is 0 Å². The molecule has 5 heteroatoms. The van der Waals surface area contributed by atoms with E-state index in [1.807, 2.05) is 88.4 Å². The van der Waals surface area contributed by atoms with Crippen molar-refractivity contribution < 1.29 is 50.8 Å². The molecule has 61 heavy (non-hydrogen) atoms. The van der Waals surface area contributed by atoms with Gasteiger partial charge in [0.25, 0.3) is 0 Å². The minimum absolute atomic E-state index is 0. The van der Waals surface area contributed by atoms with Crippen LogP contribution in [0.15, 0.2) is 140 Å². The summed E-state index contributed by atoms with van der Waals surface area (Å²) in [4.78, 5) is 9.89. The number of phenols is 1. The minimum Gasteiger partial charge on any atom is -0.507 e. The van der Waals surface area contributed by atoms with Crippen molar-refractivity contribution in [1.82, 2.24) is 14.5 Å². The summed E-state index contributed by atoms with van der Waals surface area (Å²) in [5, 5.41) is 12.9. The van der Waals surface area contributed by atoms with E-state index in [1.54, 1.807) is 66.9 Å². The number of pyridine rings is 1. The fourth-order valence-electron chi connectivity index (χ4n) is 7.37. The summed E-state index contributed by atoms with van der Waals surface area (Å²) in [5.74, 6) is -1.77. The van der Waals surface area contributed by atoms with Gasteiger partial charge in [-0.3, -0.25) is 9.55 Å². The largest absolute Gasteiger partial charge is 2.00 e. The van der Waals surface area contributed by atoms with Crippen molar-refractivity contribution in [2.45, 2.75) is 85.1 Å². The monoisotopic (exact) mass is 1000 g/mol. The Morgan fingerprint density at radius 1 is 0.607 bits per heavy atom. The van der Waals surface area contributed by atoms with E-state index in [-0.39, 0.29) is 39.5 Å². The van der Waals surface area contributed by atoms with Crippen molar-refractivity contribution >= 4 is 11.0 Å². The molecule has 0 aliphatic carbocycles. The third kappa shape index (κ3) is 8.93. The summed E-state index contributed by atoms with van der Waals surface area (Å²) in [7, 11) is 0. The standard InChI is InChI=1S/C55H54N3O.CH3.Pt/c1-35-23-25-36(26-24-35)38-27-28-56-47(32-38)40-29-39(30-41(31-40)53(2,3)4)44-20-16-22-49-50(44)57-52(45-33-42(54(5,6)7)34-46(51(45)59)55(8,9)10)58(49)48-21-15-14-19-43(48)37-17-12-11-13-18-37;;/h11-28,30-34,59H,1-10H3;1H3;/q2*-1;+2/i5D3,6D3,7D3,8D3,9D3,10D3;;. The predicted octanol–water partition coefficient (Wildman–Crippen LogP) is 14.9. The third-order valence-electron chi connectivity index (χ3n) is 10.5. The van der Waals surface area contributed by atoms with Gasteiger partial charge >= 0.3 is 21.1 Å². The number of imidazole rings is 1. The second kappa shape index (κ2) is 17.1. The Kier molecular flexibility index (Phi) is 7.47. The smallest absolute Gasteiger partial charge is 0.507 e. The van der Waals surface area contributed by atoms with Crippen LogP contribution in [-0.2, 0) is 37.3 Å². The molecule has 2 aromatic heterocycles. The van der Waals surface area contributed by atoms with Crippen LogP contribution in [0, 0.1) is 20.4 Å². The quantitative estimate of drug-likeness (QED) is 0.169. The van der Waals surface area contributed by atoms with Crippen molar-refractivity contribution in [1.29, 1.82) is 0 Å². The Hall–Kier alpha value is -5.57. The fraction of sp³-hybridized carbons (Fsp3) is 0.232. The van der Waals surface area contributed by atoms with E-state index in [4.69, 9.17) is 34.6 Å². The molecule has 0 aliphatic rings. The average Bonchev–Trinajstić information content (AvgIpc) is 3.88. The number of hydrogen-bond acceptors (Lipinski definition) is 3. The first-order valence-electron chi connectivity index (χ1n) is 28.1. The van der Waals surface area contributed by atoms with Crippen molar-refractivity contribution in [3.63, 3.8) is 0 Å². The molecule has 0 amide bonds. The van der Waals surface area contributed by atoms with Crippen LogP contribution < -0.4 is 0 Å². The van der Waals surface area contributed by atoms with Crippen molar-refractivity contribution in [3.8, 4) is 67.5 Å². The van der Waals surface area contributed by atoms with E-state index in [0.717, 1.165) is 22.3 Å². The van der Waals surface area contributed by atoms with Crippen LogP contribution >= 0.6 is 0 Å². The Morgan fingerprint density at radius 3 is 1.97 bits per heavy atom. The molecule has 312 valence electrons. The maximum Gasteiger partial charge on any atom is 2.00 e. The van der Waals surface area contributed by atoms with E-state index in [0.29, 0.717) is 51.3 Å². The van der Waals surface area contributed by atoms with Crippen LogP contribution in [0.1, 0.15) is 109 Å². The zero-order valence-electron chi connectivity index (χ0n) is 52.4. The number of aromatic nitrogens is 3. The van der Waals surface area contributed by atoms with E-state index in [1.165, 1.54) is 4.57 Å². The molecule has 2 heterocycles. The molecular formula is C56H57N3OPt. The normalized spacial score (nSPS) is 17.5. The number of hydrogen-bond donors (Lipinski definition) is 1.